The number of nitrogens with two attached hydrogens (primary N) is 1. The molecule has 1 fully saturated rings. The van der Waals surface area contributed by atoms with E-state index in [1.165, 1.54) is 6.42 Å². The maximum absolute atomic E-state index is 12.3. The highest BCUT2D eigenvalue weighted by Gasteiger charge is 2.25. The fourth-order valence-electron chi connectivity index (χ4n) is 2.01. The van der Waals surface area contributed by atoms with E-state index in [0.29, 0.717) is 11.4 Å². The maximum atomic E-state index is 12.3. The molecule has 86 valence electrons. The molecule has 0 bridgehead atoms. The van der Waals surface area contributed by atoms with Crippen LogP contribution < -0.4 is 5.73 Å². The van der Waals surface area contributed by atoms with E-state index in [4.69, 9.17) is 5.73 Å². The van der Waals surface area contributed by atoms with Crippen molar-refractivity contribution in [1.29, 1.82) is 0 Å². The smallest absolute Gasteiger partial charge is 0.179 e. The average molecular weight is 236 g/mol. The molecule has 2 heterocycles. The first-order chi connectivity index (χ1) is 7.70. The topological polar surface area (TPSA) is 56.0 Å². The third-order valence-corrected chi connectivity index (χ3v) is 4.28. The summed E-state index contributed by atoms with van der Waals surface area (Å²) >= 11 is 1.75. The minimum absolute atomic E-state index is 0.0824. The number of hydrogen-bond acceptors (Lipinski definition) is 4. The van der Waals surface area contributed by atoms with Gasteiger partial charge in [0.1, 0.15) is 5.82 Å². The summed E-state index contributed by atoms with van der Waals surface area (Å²) in [6.45, 7) is 1.92. The second kappa shape index (κ2) is 4.87. The molecule has 0 amide bonds. The molecule has 1 saturated heterocycles. The summed E-state index contributed by atoms with van der Waals surface area (Å²) in [6.07, 6.45) is 4.98. The number of ketones is 1. The molecule has 1 aliphatic heterocycles. The van der Waals surface area contributed by atoms with E-state index in [1.54, 1.807) is 18.0 Å². The molecular weight excluding hydrogens is 220 g/mol. The van der Waals surface area contributed by atoms with Gasteiger partial charge >= 0.3 is 0 Å². The molecule has 1 aromatic rings. The summed E-state index contributed by atoms with van der Waals surface area (Å²) in [5.41, 5.74) is 7.35. The van der Waals surface area contributed by atoms with Crippen LogP contribution in [-0.2, 0) is 0 Å². The van der Waals surface area contributed by atoms with Crippen molar-refractivity contribution in [3.63, 3.8) is 0 Å². The number of aryl methyl sites for hydroxylation is 1. The van der Waals surface area contributed by atoms with Crippen molar-refractivity contribution in [2.24, 2.45) is 0 Å². The van der Waals surface area contributed by atoms with Crippen molar-refractivity contribution < 1.29 is 4.79 Å². The number of anilines is 1. The van der Waals surface area contributed by atoms with Crippen LogP contribution in [0.1, 0.15) is 35.2 Å². The minimum atomic E-state index is 0.0824. The molecular formula is C12H16N2OS. The molecule has 1 atom stereocenters. The van der Waals surface area contributed by atoms with Crippen LogP contribution in [0.4, 0.5) is 5.82 Å². The lowest BCUT2D eigenvalue weighted by molar-refractivity contribution is 0.0985. The number of nitrogen functional groups attached to an aromatic ring is 1. The Morgan fingerprint density at radius 3 is 3.00 bits per heavy atom. The van der Waals surface area contributed by atoms with Crippen LogP contribution in [0.3, 0.4) is 0 Å². The van der Waals surface area contributed by atoms with Crippen LogP contribution in [0.15, 0.2) is 12.3 Å². The van der Waals surface area contributed by atoms with Gasteiger partial charge in [0.2, 0.25) is 0 Å². The van der Waals surface area contributed by atoms with E-state index < -0.39 is 0 Å². The van der Waals surface area contributed by atoms with E-state index in [0.717, 1.165) is 24.2 Å². The molecule has 0 spiro atoms. The van der Waals surface area contributed by atoms with Gasteiger partial charge in [-0.2, -0.15) is 11.8 Å². The maximum Gasteiger partial charge on any atom is 0.179 e. The Bertz CT molecular complexity index is 380. The Balaban J connectivity index is 2.26. The highest BCUT2D eigenvalue weighted by atomic mass is 32.2. The number of rotatable bonds is 2. The van der Waals surface area contributed by atoms with Gasteiger partial charge in [0.25, 0.3) is 0 Å². The zero-order valence-electron chi connectivity index (χ0n) is 9.40. The lowest BCUT2D eigenvalue weighted by atomic mass is 10.0. The van der Waals surface area contributed by atoms with Gasteiger partial charge in [-0.3, -0.25) is 4.79 Å². The van der Waals surface area contributed by atoms with Gasteiger partial charge < -0.3 is 5.73 Å². The molecule has 4 heteroatoms. The normalized spacial score (nSPS) is 20.7. The summed E-state index contributed by atoms with van der Waals surface area (Å²) in [4.78, 5) is 16.3. The van der Waals surface area contributed by atoms with E-state index in [9.17, 15) is 4.79 Å². The number of carbonyl (C=O) groups is 1. The van der Waals surface area contributed by atoms with Crippen LogP contribution in [0, 0.1) is 6.92 Å². The lowest BCUT2D eigenvalue weighted by Crippen LogP contribution is -2.23. The SMILES string of the molecule is Cc1ccnc(N)c1C(=O)C1CCCCS1. The van der Waals surface area contributed by atoms with Crippen LogP contribution in [0.25, 0.3) is 0 Å². The fraction of sp³-hybridized carbons (Fsp3) is 0.500. The van der Waals surface area contributed by atoms with Gasteiger partial charge in [-0.25, -0.2) is 4.98 Å². The summed E-state index contributed by atoms with van der Waals surface area (Å²) in [7, 11) is 0. The number of pyridine rings is 1. The monoisotopic (exact) mass is 236 g/mol. The van der Waals surface area contributed by atoms with Gasteiger partial charge in [0.15, 0.2) is 5.78 Å². The summed E-state index contributed by atoms with van der Waals surface area (Å²) in [6, 6.07) is 1.84. The Morgan fingerprint density at radius 2 is 2.38 bits per heavy atom. The molecule has 1 unspecified atom stereocenters. The van der Waals surface area contributed by atoms with Gasteiger partial charge in [0, 0.05) is 6.20 Å². The number of aromatic nitrogens is 1. The largest absolute Gasteiger partial charge is 0.383 e. The van der Waals surface area contributed by atoms with Crippen LogP contribution >= 0.6 is 11.8 Å². The Kier molecular flexibility index (Phi) is 3.49. The predicted molar refractivity (Wildman–Crippen MR) is 67.8 cm³/mol. The molecule has 0 aromatic carbocycles. The minimum Gasteiger partial charge on any atom is -0.383 e. The van der Waals surface area contributed by atoms with E-state index in [1.807, 2.05) is 13.0 Å². The molecule has 0 saturated carbocycles. The van der Waals surface area contributed by atoms with Crippen LogP contribution in [0.2, 0.25) is 0 Å². The molecule has 2 rings (SSSR count). The van der Waals surface area contributed by atoms with E-state index >= 15 is 0 Å². The standard InChI is InChI=1S/C12H16N2OS/c1-8-5-6-14-12(13)10(8)11(15)9-4-2-3-7-16-9/h5-6,9H,2-4,7H2,1H3,(H2,13,14). The van der Waals surface area contributed by atoms with Gasteiger partial charge in [-0.15, -0.1) is 0 Å². The second-order valence-corrected chi connectivity index (χ2v) is 5.42. The highest BCUT2D eigenvalue weighted by molar-refractivity contribution is 8.00. The Morgan fingerprint density at radius 1 is 1.56 bits per heavy atom. The Hall–Kier alpha value is -1.03. The van der Waals surface area contributed by atoms with Crippen molar-refractivity contribution in [3.8, 4) is 0 Å². The summed E-state index contributed by atoms with van der Waals surface area (Å²) in [5, 5.41) is 0.0824. The molecule has 16 heavy (non-hydrogen) atoms. The number of Topliss-reactive ketones (excluding diaryl/α,β-unsaturated/α-hetero) is 1. The van der Waals surface area contributed by atoms with Crippen molar-refractivity contribution in [2.75, 3.05) is 11.5 Å². The van der Waals surface area contributed by atoms with Crippen molar-refractivity contribution >= 4 is 23.4 Å². The van der Waals surface area contributed by atoms with Crippen molar-refractivity contribution in [3.05, 3.63) is 23.4 Å². The summed E-state index contributed by atoms with van der Waals surface area (Å²) in [5.74, 6) is 1.61. The van der Waals surface area contributed by atoms with E-state index in [2.05, 4.69) is 4.98 Å². The third kappa shape index (κ3) is 2.21. The first kappa shape index (κ1) is 11.5. The zero-order valence-corrected chi connectivity index (χ0v) is 10.2. The Labute approximate surface area is 99.8 Å². The highest BCUT2D eigenvalue weighted by Crippen LogP contribution is 2.29. The number of thioether (sulfide) groups is 1. The van der Waals surface area contributed by atoms with Crippen molar-refractivity contribution in [2.45, 2.75) is 31.4 Å². The molecule has 1 aliphatic rings. The summed E-state index contributed by atoms with van der Waals surface area (Å²) < 4.78 is 0. The molecule has 0 radical (unpaired) electrons. The zero-order chi connectivity index (χ0) is 11.5. The van der Waals surface area contributed by atoms with Crippen molar-refractivity contribution in [1.82, 2.24) is 4.98 Å². The van der Waals surface area contributed by atoms with Gasteiger partial charge in [-0.05, 0) is 37.1 Å². The number of carbonyl (C=O) groups excluding carboxylic acids is 1. The third-order valence-electron chi connectivity index (χ3n) is 2.91. The van der Waals surface area contributed by atoms with Crippen LogP contribution in [-0.4, -0.2) is 21.8 Å². The fourth-order valence-corrected chi connectivity index (χ4v) is 3.27. The lowest BCUT2D eigenvalue weighted by Gasteiger charge is -2.21. The predicted octanol–water partition coefficient (Wildman–Crippen LogP) is 2.44. The number of nitrogens with zero attached hydrogens (tertiary/aromatic N) is 1. The van der Waals surface area contributed by atoms with E-state index in [-0.39, 0.29) is 11.0 Å². The van der Waals surface area contributed by atoms with Gasteiger partial charge in [-0.1, -0.05) is 6.42 Å². The molecule has 1 aromatic heterocycles. The molecule has 2 N–H and O–H groups in total. The second-order valence-electron chi connectivity index (χ2n) is 4.11. The first-order valence-corrected chi connectivity index (χ1v) is 6.62. The average Bonchev–Trinajstić information content (AvgIpc) is 2.30. The van der Waals surface area contributed by atoms with Gasteiger partial charge in [0.05, 0.1) is 10.8 Å². The quantitative estimate of drug-likeness (QED) is 0.801. The molecule has 0 aliphatic carbocycles. The van der Waals surface area contributed by atoms with Crippen LogP contribution in [0.5, 0.6) is 0 Å². The first-order valence-electron chi connectivity index (χ1n) is 5.57. The molecule has 3 nitrogen and oxygen atoms in total. The number of hydrogen-bond donors (Lipinski definition) is 1.